The zero-order chi connectivity index (χ0) is 14.3. The van der Waals surface area contributed by atoms with Crippen LogP contribution in [0.4, 0.5) is 0 Å². The van der Waals surface area contributed by atoms with Gasteiger partial charge in [0.25, 0.3) is 0 Å². The number of ether oxygens (including phenoxy) is 2. The van der Waals surface area contributed by atoms with Gasteiger partial charge in [0.05, 0.1) is 13.2 Å². The van der Waals surface area contributed by atoms with Gasteiger partial charge in [-0.2, -0.15) is 0 Å². The average molecular weight is 295 g/mol. The molecule has 1 aromatic rings. The van der Waals surface area contributed by atoms with E-state index in [4.69, 9.17) is 21.1 Å². The summed E-state index contributed by atoms with van der Waals surface area (Å²) < 4.78 is 11.7. The average Bonchev–Trinajstić information content (AvgIpc) is 2.92. The zero-order valence-corrected chi connectivity index (χ0v) is 12.9. The topological polar surface area (TPSA) is 18.5 Å². The number of benzene rings is 1. The minimum absolute atomic E-state index is 0.549. The molecule has 0 N–H and O–H groups in total. The van der Waals surface area contributed by atoms with Crippen LogP contribution in [0.3, 0.4) is 0 Å². The molecule has 2 rings (SSSR count). The third-order valence-corrected chi connectivity index (χ3v) is 3.92. The van der Waals surface area contributed by atoms with Crippen molar-refractivity contribution in [3.63, 3.8) is 0 Å². The monoisotopic (exact) mass is 294 g/mol. The Morgan fingerprint density at radius 2 is 1.90 bits per heavy atom. The van der Waals surface area contributed by atoms with Crippen molar-refractivity contribution < 1.29 is 9.47 Å². The lowest BCUT2D eigenvalue weighted by atomic mass is 10.0. The first-order chi connectivity index (χ1) is 9.76. The van der Waals surface area contributed by atoms with Gasteiger partial charge in [0, 0.05) is 11.4 Å². The van der Waals surface area contributed by atoms with Gasteiger partial charge in [-0.1, -0.05) is 62.1 Å². The second kappa shape index (κ2) is 7.82. The van der Waals surface area contributed by atoms with Crippen molar-refractivity contribution in [3.05, 3.63) is 40.9 Å². The van der Waals surface area contributed by atoms with E-state index < -0.39 is 5.79 Å². The molecule has 0 unspecified atom stereocenters. The Bertz CT molecular complexity index is 436. The minimum Gasteiger partial charge on any atom is -0.344 e. The van der Waals surface area contributed by atoms with Crippen LogP contribution in [0.5, 0.6) is 0 Å². The van der Waals surface area contributed by atoms with E-state index >= 15 is 0 Å². The van der Waals surface area contributed by atoms with Crippen molar-refractivity contribution in [3.8, 4) is 0 Å². The Morgan fingerprint density at radius 3 is 2.60 bits per heavy atom. The normalized spacial score (nSPS) is 17.9. The summed E-state index contributed by atoms with van der Waals surface area (Å²) in [4.78, 5) is 0. The van der Waals surface area contributed by atoms with Crippen LogP contribution in [0.25, 0.3) is 6.08 Å². The molecule has 0 spiro atoms. The Balaban J connectivity index is 1.99. The lowest BCUT2D eigenvalue weighted by Gasteiger charge is -2.23. The Labute approximate surface area is 126 Å². The van der Waals surface area contributed by atoms with Gasteiger partial charge in [0.15, 0.2) is 5.79 Å². The summed E-state index contributed by atoms with van der Waals surface area (Å²) in [7, 11) is 0. The van der Waals surface area contributed by atoms with Crippen LogP contribution in [0, 0.1) is 0 Å². The van der Waals surface area contributed by atoms with E-state index in [1.807, 2.05) is 36.4 Å². The molecule has 1 aliphatic heterocycles. The van der Waals surface area contributed by atoms with Gasteiger partial charge in [0.2, 0.25) is 0 Å². The zero-order valence-electron chi connectivity index (χ0n) is 12.1. The summed E-state index contributed by atoms with van der Waals surface area (Å²) in [6, 6.07) is 7.81. The Kier molecular flexibility index (Phi) is 6.08. The molecule has 1 fully saturated rings. The molecule has 2 nitrogen and oxygen atoms in total. The van der Waals surface area contributed by atoms with E-state index in [0.29, 0.717) is 13.2 Å². The first-order valence-corrected chi connectivity index (χ1v) is 7.85. The van der Waals surface area contributed by atoms with Crippen LogP contribution < -0.4 is 0 Å². The third kappa shape index (κ3) is 4.34. The largest absolute Gasteiger partial charge is 0.344 e. The standard InChI is InChI=1S/C17H23ClO2/c1-2-3-4-7-11-17(19-13-14-20-17)12-10-15-8-5-6-9-16(15)18/h5-6,8-10,12H,2-4,7,11,13-14H2,1H3. The molecule has 0 saturated carbocycles. The van der Waals surface area contributed by atoms with Crippen molar-refractivity contribution in [2.75, 3.05) is 13.2 Å². The summed E-state index contributed by atoms with van der Waals surface area (Å²) in [6.45, 7) is 3.55. The highest BCUT2D eigenvalue weighted by atomic mass is 35.5. The smallest absolute Gasteiger partial charge is 0.188 e. The van der Waals surface area contributed by atoms with Crippen molar-refractivity contribution in [1.82, 2.24) is 0 Å². The molecule has 1 aromatic carbocycles. The number of unbranched alkanes of at least 4 members (excludes halogenated alkanes) is 3. The predicted molar refractivity (Wildman–Crippen MR) is 83.9 cm³/mol. The molecular weight excluding hydrogens is 272 g/mol. The van der Waals surface area contributed by atoms with Gasteiger partial charge >= 0.3 is 0 Å². The fourth-order valence-corrected chi connectivity index (χ4v) is 2.62. The number of halogens is 1. The van der Waals surface area contributed by atoms with Gasteiger partial charge in [-0.05, 0) is 24.1 Å². The Hall–Kier alpha value is -0.830. The van der Waals surface area contributed by atoms with Crippen LogP contribution >= 0.6 is 11.6 Å². The first kappa shape index (κ1) is 15.6. The molecular formula is C17H23ClO2. The SMILES string of the molecule is CCCCCCC1(C=Cc2ccccc2Cl)OCCO1. The highest BCUT2D eigenvalue weighted by Crippen LogP contribution is 2.29. The van der Waals surface area contributed by atoms with Gasteiger partial charge in [0.1, 0.15) is 0 Å². The second-order valence-corrected chi connectivity index (χ2v) is 5.58. The van der Waals surface area contributed by atoms with E-state index in [-0.39, 0.29) is 0 Å². The fraction of sp³-hybridized carbons (Fsp3) is 0.529. The van der Waals surface area contributed by atoms with Crippen molar-refractivity contribution in [2.24, 2.45) is 0 Å². The molecule has 0 radical (unpaired) electrons. The number of hydrogen-bond acceptors (Lipinski definition) is 2. The molecule has 3 heteroatoms. The maximum atomic E-state index is 6.17. The molecule has 0 aliphatic carbocycles. The molecule has 110 valence electrons. The van der Waals surface area contributed by atoms with E-state index in [1.165, 1.54) is 19.3 Å². The van der Waals surface area contributed by atoms with Crippen LogP contribution in [-0.4, -0.2) is 19.0 Å². The van der Waals surface area contributed by atoms with Gasteiger partial charge in [-0.25, -0.2) is 0 Å². The second-order valence-electron chi connectivity index (χ2n) is 5.17. The lowest BCUT2D eigenvalue weighted by molar-refractivity contribution is -0.121. The Morgan fingerprint density at radius 1 is 1.15 bits per heavy atom. The minimum atomic E-state index is -0.549. The fourth-order valence-electron chi connectivity index (χ4n) is 2.42. The van der Waals surface area contributed by atoms with E-state index in [2.05, 4.69) is 6.92 Å². The van der Waals surface area contributed by atoms with Crippen LogP contribution in [-0.2, 0) is 9.47 Å². The summed E-state index contributed by atoms with van der Waals surface area (Å²) in [5.74, 6) is -0.549. The quantitative estimate of drug-likeness (QED) is 0.654. The maximum absolute atomic E-state index is 6.17. The van der Waals surface area contributed by atoms with E-state index in [1.54, 1.807) is 0 Å². The molecule has 0 atom stereocenters. The van der Waals surface area contributed by atoms with E-state index in [0.717, 1.165) is 23.4 Å². The van der Waals surface area contributed by atoms with Gasteiger partial charge < -0.3 is 9.47 Å². The first-order valence-electron chi connectivity index (χ1n) is 7.47. The van der Waals surface area contributed by atoms with E-state index in [9.17, 15) is 0 Å². The van der Waals surface area contributed by atoms with Crippen LogP contribution in [0.1, 0.15) is 44.6 Å². The molecule has 0 aromatic heterocycles. The highest BCUT2D eigenvalue weighted by molar-refractivity contribution is 6.32. The third-order valence-electron chi connectivity index (χ3n) is 3.58. The molecule has 1 heterocycles. The molecule has 1 aliphatic rings. The molecule has 20 heavy (non-hydrogen) atoms. The summed E-state index contributed by atoms with van der Waals surface area (Å²) in [5, 5.41) is 0.753. The predicted octanol–water partition coefficient (Wildman–Crippen LogP) is 5.07. The van der Waals surface area contributed by atoms with Crippen molar-refractivity contribution in [2.45, 2.75) is 44.8 Å². The highest BCUT2D eigenvalue weighted by Gasteiger charge is 2.32. The number of rotatable bonds is 7. The molecule has 0 bridgehead atoms. The van der Waals surface area contributed by atoms with Gasteiger partial charge in [-0.15, -0.1) is 0 Å². The lowest BCUT2D eigenvalue weighted by Crippen LogP contribution is -2.27. The molecule has 1 saturated heterocycles. The maximum Gasteiger partial charge on any atom is 0.188 e. The summed E-state index contributed by atoms with van der Waals surface area (Å²) in [6.07, 6.45) is 9.80. The van der Waals surface area contributed by atoms with Gasteiger partial charge in [-0.3, -0.25) is 0 Å². The van der Waals surface area contributed by atoms with Crippen molar-refractivity contribution in [1.29, 1.82) is 0 Å². The summed E-state index contributed by atoms with van der Waals surface area (Å²) >= 11 is 6.17. The van der Waals surface area contributed by atoms with Crippen molar-refractivity contribution >= 4 is 17.7 Å². The van der Waals surface area contributed by atoms with Crippen LogP contribution in [0.15, 0.2) is 30.3 Å². The molecule has 0 amide bonds. The summed E-state index contributed by atoms with van der Waals surface area (Å²) in [5.41, 5.74) is 1.00. The number of hydrogen-bond donors (Lipinski definition) is 0. The van der Waals surface area contributed by atoms with Crippen LogP contribution in [0.2, 0.25) is 5.02 Å².